The molecule has 6 heteroatoms. The minimum atomic E-state index is -0.914. The molecule has 1 aliphatic rings. The molecular formula is C23H21NO5. The molecule has 29 heavy (non-hydrogen) atoms. The molecule has 0 radical (unpaired) electrons. The number of ether oxygens (including phenoxy) is 2. The topological polar surface area (TPSA) is 69.0 Å². The molecule has 2 aromatic carbocycles. The number of anilines is 1. The first-order valence-corrected chi connectivity index (χ1v) is 9.48. The number of carbonyl (C=O) groups is 2. The third-order valence-corrected chi connectivity index (χ3v) is 4.77. The number of rotatable bonds is 6. The largest absolute Gasteiger partial charge is 0.486 e. The standard InChI is InChI=1S/C23H21NO5/c1-16(22(25)24-14-13-17-7-5-6-10-20(17)24)28-23(26)21-12-11-19(29-21)15-27-18-8-3-2-4-9-18/h2-12,16H,13-15H2,1H3. The number of benzene rings is 2. The van der Waals surface area contributed by atoms with Crippen molar-refractivity contribution in [2.75, 3.05) is 11.4 Å². The lowest BCUT2D eigenvalue weighted by Gasteiger charge is -2.21. The zero-order valence-electron chi connectivity index (χ0n) is 16.0. The molecule has 0 saturated heterocycles. The summed E-state index contributed by atoms with van der Waals surface area (Å²) in [6.45, 7) is 2.35. The monoisotopic (exact) mass is 391 g/mol. The van der Waals surface area contributed by atoms with Crippen LogP contribution in [-0.2, 0) is 22.6 Å². The number of fused-ring (bicyclic) bond motifs is 1. The van der Waals surface area contributed by atoms with E-state index in [2.05, 4.69) is 0 Å². The highest BCUT2D eigenvalue weighted by molar-refractivity contribution is 6.00. The average Bonchev–Trinajstić information content (AvgIpc) is 3.40. The summed E-state index contributed by atoms with van der Waals surface area (Å²) >= 11 is 0. The molecule has 0 N–H and O–H groups in total. The number of carbonyl (C=O) groups excluding carboxylic acids is 2. The van der Waals surface area contributed by atoms with Crippen LogP contribution >= 0.6 is 0 Å². The van der Waals surface area contributed by atoms with E-state index in [4.69, 9.17) is 13.9 Å². The number of amides is 1. The van der Waals surface area contributed by atoms with Crippen LogP contribution in [0.15, 0.2) is 71.1 Å². The Morgan fingerprint density at radius 3 is 2.62 bits per heavy atom. The molecule has 0 aliphatic carbocycles. The highest BCUT2D eigenvalue weighted by Gasteiger charge is 2.30. The van der Waals surface area contributed by atoms with E-state index in [0.29, 0.717) is 18.1 Å². The van der Waals surface area contributed by atoms with Crippen molar-refractivity contribution < 1.29 is 23.5 Å². The summed E-state index contributed by atoms with van der Waals surface area (Å²) in [5, 5.41) is 0. The van der Waals surface area contributed by atoms with E-state index in [-0.39, 0.29) is 18.3 Å². The van der Waals surface area contributed by atoms with Crippen LogP contribution in [0.25, 0.3) is 0 Å². The van der Waals surface area contributed by atoms with Crippen LogP contribution in [0, 0.1) is 0 Å². The SMILES string of the molecule is CC(OC(=O)c1ccc(COc2ccccc2)o1)C(=O)N1CCc2ccccc21. The Labute approximate surface area is 168 Å². The molecule has 0 saturated carbocycles. The van der Waals surface area contributed by atoms with Gasteiger partial charge >= 0.3 is 5.97 Å². The molecular weight excluding hydrogens is 370 g/mol. The summed E-state index contributed by atoms with van der Waals surface area (Å²) < 4.78 is 16.4. The van der Waals surface area contributed by atoms with Gasteiger partial charge in [0.1, 0.15) is 18.1 Å². The second kappa shape index (κ2) is 8.22. The third kappa shape index (κ3) is 4.16. The van der Waals surface area contributed by atoms with Gasteiger partial charge in [0.2, 0.25) is 5.76 Å². The van der Waals surface area contributed by atoms with E-state index in [1.807, 2.05) is 54.6 Å². The average molecular weight is 391 g/mol. The van der Waals surface area contributed by atoms with Crippen molar-refractivity contribution in [1.29, 1.82) is 0 Å². The van der Waals surface area contributed by atoms with Crippen molar-refractivity contribution in [3.05, 3.63) is 83.8 Å². The van der Waals surface area contributed by atoms with Gasteiger partial charge < -0.3 is 18.8 Å². The minimum Gasteiger partial charge on any atom is -0.486 e. The van der Waals surface area contributed by atoms with Crippen LogP contribution in [-0.4, -0.2) is 24.5 Å². The van der Waals surface area contributed by atoms with Gasteiger partial charge in [-0.15, -0.1) is 0 Å². The lowest BCUT2D eigenvalue weighted by Crippen LogP contribution is -2.39. The molecule has 3 aromatic rings. The Kier molecular flexibility index (Phi) is 5.33. The molecule has 1 aromatic heterocycles. The Morgan fingerprint density at radius 2 is 1.79 bits per heavy atom. The van der Waals surface area contributed by atoms with E-state index in [1.54, 1.807) is 17.9 Å². The zero-order valence-corrected chi connectivity index (χ0v) is 16.0. The fourth-order valence-electron chi connectivity index (χ4n) is 3.29. The summed E-state index contributed by atoms with van der Waals surface area (Å²) in [6, 6.07) is 20.2. The van der Waals surface area contributed by atoms with Gasteiger partial charge in [-0.05, 0) is 49.2 Å². The molecule has 0 bridgehead atoms. The Balaban J connectivity index is 1.34. The van der Waals surface area contributed by atoms with Gasteiger partial charge in [-0.25, -0.2) is 4.79 Å². The molecule has 1 aliphatic heterocycles. The second-order valence-electron chi connectivity index (χ2n) is 6.78. The normalized spacial score (nSPS) is 13.6. The quantitative estimate of drug-likeness (QED) is 0.594. The van der Waals surface area contributed by atoms with Crippen LogP contribution < -0.4 is 9.64 Å². The molecule has 1 amide bonds. The molecule has 6 nitrogen and oxygen atoms in total. The first-order valence-electron chi connectivity index (χ1n) is 9.48. The fourth-order valence-corrected chi connectivity index (χ4v) is 3.29. The van der Waals surface area contributed by atoms with Gasteiger partial charge in [0, 0.05) is 12.2 Å². The van der Waals surface area contributed by atoms with Crippen LogP contribution in [0.5, 0.6) is 5.75 Å². The Bertz CT molecular complexity index is 1010. The van der Waals surface area contributed by atoms with Crippen molar-refractivity contribution in [1.82, 2.24) is 0 Å². The van der Waals surface area contributed by atoms with Gasteiger partial charge in [0.05, 0.1) is 0 Å². The number of furan rings is 1. The molecule has 2 heterocycles. The Morgan fingerprint density at radius 1 is 1.03 bits per heavy atom. The Hall–Kier alpha value is -3.54. The first-order chi connectivity index (χ1) is 14.1. The van der Waals surface area contributed by atoms with Crippen LogP contribution in [0.2, 0.25) is 0 Å². The molecule has 0 fully saturated rings. The van der Waals surface area contributed by atoms with E-state index in [1.165, 1.54) is 6.07 Å². The van der Waals surface area contributed by atoms with E-state index in [9.17, 15) is 9.59 Å². The van der Waals surface area contributed by atoms with Crippen molar-refractivity contribution in [3.8, 4) is 5.75 Å². The van der Waals surface area contributed by atoms with Gasteiger partial charge in [-0.3, -0.25) is 4.79 Å². The van der Waals surface area contributed by atoms with Crippen molar-refractivity contribution in [3.63, 3.8) is 0 Å². The lowest BCUT2D eigenvalue weighted by atomic mass is 10.2. The summed E-state index contributed by atoms with van der Waals surface area (Å²) in [4.78, 5) is 26.8. The highest BCUT2D eigenvalue weighted by atomic mass is 16.6. The van der Waals surface area contributed by atoms with Gasteiger partial charge in [-0.2, -0.15) is 0 Å². The lowest BCUT2D eigenvalue weighted by molar-refractivity contribution is -0.126. The van der Waals surface area contributed by atoms with Crippen LogP contribution in [0.3, 0.4) is 0 Å². The van der Waals surface area contributed by atoms with Crippen molar-refractivity contribution in [2.24, 2.45) is 0 Å². The molecule has 148 valence electrons. The van der Waals surface area contributed by atoms with Gasteiger partial charge in [0.15, 0.2) is 6.10 Å². The van der Waals surface area contributed by atoms with Crippen molar-refractivity contribution in [2.45, 2.75) is 26.1 Å². The zero-order chi connectivity index (χ0) is 20.2. The van der Waals surface area contributed by atoms with E-state index >= 15 is 0 Å². The smallest absolute Gasteiger partial charge is 0.375 e. The van der Waals surface area contributed by atoms with Crippen LogP contribution in [0.4, 0.5) is 5.69 Å². The fraction of sp³-hybridized carbons (Fsp3) is 0.217. The summed E-state index contributed by atoms with van der Waals surface area (Å²) in [5.74, 6) is 0.316. The van der Waals surface area contributed by atoms with Crippen molar-refractivity contribution >= 4 is 17.6 Å². The highest BCUT2D eigenvalue weighted by Crippen LogP contribution is 2.28. The molecule has 1 unspecified atom stereocenters. The predicted octanol–water partition coefficient (Wildman–Crippen LogP) is 3.99. The minimum absolute atomic E-state index is 0.0399. The number of nitrogens with zero attached hydrogens (tertiary/aromatic N) is 1. The third-order valence-electron chi connectivity index (χ3n) is 4.77. The molecule has 0 spiro atoms. The number of esters is 1. The van der Waals surface area contributed by atoms with E-state index in [0.717, 1.165) is 17.7 Å². The molecule has 4 rings (SSSR count). The number of hydrogen-bond acceptors (Lipinski definition) is 5. The van der Waals surface area contributed by atoms with Gasteiger partial charge in [0.25, 0.3) is 5.91 Å². The van der Waals surface area contributed by atoms with E-state index < -0.39 is 12.1 Å². The molecule has 1 atom stereocenters. The maximum Gasteiger partial charge on any atom is 0.375 e. The summed E-state index contributed by atoms with van der Waals surface area (Å²) in [6.07, 6.45) is -0.117. The first kappa shape index (κ1) is 18.8. The second-order valence-corrected chi connectivity index (χ2v) is 6.78. The predicted molar refractivity (Wildman–Crippen MR) is 107 cm³/mol. The number of para-hydroxylation sites is 2. The maximum atomic E-state index is 12.7. The summed E-state index contributed by atoms with van der Waals surface area (Å²) in [5.41, 5.74) is 1.99. The summed E-state index contributed by atoms with van der Waals surface area (Å²) in [7, 11) is 0. The van der Waals surface area contributed by atoms with Crippen LogP contribution in [0.1, 0.15) is 28.8 Å². The van der Waals surface area contributed by atoms with Gasteiger partial charge in [-0.1, -0.05) is 36.4 Å². The maximum absolute atomic E-state index is 12.7. The number of hydrogen-bond donors (Lipinski definition) is 0.